The number of hydrogen-bond acceptors (Lipinski definition) is 7. The molecule has 94 valence electrons. The van der Waals surface area contributed by atoms with Gasteiger partial charge < -0.3 is 19.2 Å². The number of carbonyl (C=O) groups is 2. The Hall–Kier alpha value is -2.05. The Morgan fingerprint density at radius 3 is 2.94 bits per heavy atom. The molecular weight excluding hydrogens is 228 g/mol. The van der Waals surface area contributed by atoms with E-state index in [-0.39, 0.29) is 30.7 Å². The molecule has 0 saturated heterocycles. The highest BCUT2D eigenvalue weighted by Gasteiger charge is 2.12. The van der Waals surface area contributed by atoms with Crippen LogP contribution < -0.4 is 5.32 Å². The average molecular weight is 242 g/mol. The normalized spacial score (nSPS) is 9.76. The monoisotopic (exact) mass is 242 g/mol. The van der Waals surface area contributed by atoms with Crippen molar-refractivity contribution in [2.75, 3.05) is 25.6 Å². The predicted octanol–water partition coefficient (Wildman–Crippen LogP) is 0.826. The number of methoxy groups -OCH3 is 1. The predicted molar refractivity (Wildman–Crippen MR) is 57.6 cm³/mol. The van der Waals surface area contributed by atoms with Crippen LogP contribution >= 0.6 is 0 Å². The quantitative estimate of drug-likeness (QED) is 0.738. The van der Waals surface area contributed by atoms with Crippen LogP contribution in [0.4, 0.5) is 6.01 Å². The molecule has 0 atom stereocenters. The van der Waals surface area contributed by atoms with Crippen molar-refractivity contribution >= 4 is 18.0 Å². The van der Waals surface area contributed by atoms with Crippen molar-refractivity contribution in [3.63, 3.8) is 0 Å². The summed E-state index contributed by atoms with van der Waals surface area (Å²) in [5.74, 6) is -0.882. The third kappa shape index (κ3) is 4.13. The Morgan fingerprint density at radius 1 is 1.53 bits per heavy atom. The highest BCUT2D eigenvalue weighted by atomic mass is 16.5. The number of nitrogens with one attached hydrogen (secondary N) is 1. The van der Waals surface area contributed by atoms with Gasteiger partial charge in [0.25, 0.3) is 6.01 Å². The number of nitrogens with zero attached hydrogens (tertiary/aromatic N) is 1. The molecule has 1 heterocycles. The summed E-state index contributed by atoms with van der Waals surface area (Å²) in [7, 11) is 1.31. The summed E-state index contributed by atoms with van der Waals surface area (Å²) in [5.41, 5.74) is 0.0902. The summed E-state index contributed by atoms with van der Waals surface area (Å²) >= 11 is 0. The first kappa shape index (κ1) is 13.0. The van der Waals surface area contributed by atoms with Gasteiger partial charge in [-0.2, -0.15) is 4.98 Å². The molecule has 1 N–H and O–H groups in total. The van der Waals surface area contributed by atoms with Gasteiger partial charge in [0.05, 0.1) is 20.1 Å². The van der Waals surface area contributed by atoms with Crippen molar-refractivity contribution in [2.24, 2.45) is 0 Å². The van der Waals surface area contributed by atoms with Gasteiger partial charge in [-0.3, -0.25) is 4.79 Å². The number of oxazole rings is 1. The van der Waals surface area contributed by atoms with Crippen LogP contribution in [0.3, 0.4) is 0 Å². The summed E-state index contributed by atoms with van der Waals surface area (Å²) in [4.78, 5) is 25.9. The molecule has 0 unspecified atom stereocenters. The Kier molecular flexibility index (Phi) is 4.99. The van der Waals surface area contributed by atoms with Crippen LogP contribution in [0.25, 0.3) is 0 Å². The van der Waals surface area contributed by atoms with E-state index in [0.717, 1.165) is 0 Å². The van der Waals surface area contributed by atoms with Crippen LogP contribution in [-0.4, -0.2) is 37.2 Å². The Bertz CT molecular complexity index is 388. The molecule has 0 saturated carbocycles. The second-order valence-corrected chi connectivity index (χ2v) is 3.01. The van der Waals surface area contributed by atoms with Gasteiger partial charge in [0.15, 0.2) is 5.69 Å². The van der Waals surface area contributed by atoms with E-state index in [1.165, 1.54) is 13.4 Å². The second-order valence-electron chi connectivity index (χ2n) is 3.01. The van der Waals surface area contributed by atoms with Gasteiger partial charge in [-0.05, 0) is 6.92 Å². The van der Waals surface area contributed by atoms with Gasteiger partial charge in [-0.25, -0.2) is 4.79 Å². The lowest BCUT2D eigenvalue weighted by Crippen LogP contribution is -2.10. The number of rotatable bonds is 6. The van der Waals surface area contributed by atoms with Crippen molar-refractivity contribution in [1.82, 2.24) is 4.98 Å². The van der Waals surface area contributed by atoms with Gasteiger partial charge in [-0.1, -0.05) is 0 Å². The topological polar surface area (TPSA) is 90.7 Å². The molecule has 0 aliphatic rings. The first-order chi connectivity index (χ1) is 8.17. The summed E-state index contributed by atoms with van der Waals surface area (Å²) in [6, 6.07) is 0.164. The molecule has 7 heteroatoms. The zero-order valence-electron chi connectivity index (χ0n) is 9.69. The van der Waals surface area contributed by atoms with Crippen LogP contribution in [0.2, 0.25) is 0 Å². The number of ether oxygens (including phenoxy) is 2. The molecule has 0 fully saturated rings. The summed E-state index contributed by atoms with van der Waals surface area (Å²) < 4.78 is 14.2. The molecule has 0 amide bonds. The van der Waals surface area contributed by atoms with Crippen molar-refractivity contribution in [1.29, 1.82) is 0 Å². The van der Waals surface area contributed by atoms with Crippen LogP contribution in [0.1, 0.15) is 23.8 Å². The van der Waals surface area contributed by atoms with E-state index in [4.69, 9.17) is 9.15 Å². The van der Waals surface area contributed by atoms with Crippen molar-refractivity contribution in [3.8, 4) is 0 Å². The van der Waals surface area contributed by atoms with E-state index in [2.05, 4.69) is 15.0 Å². The maximum Gasteiger partial charge on any atom is 0.360 e. The fourth-order valence-electron chi connectivity index (χ4n) is 1.03. The van der Waals surface area contributed by atoms with E-state index in [9.17, 15) is 9.59 Å². The minimum absolute atomic E-state index is 0.0902. The average Bonchev–Trinajstić information content (AvgIpc) is 2.78. The maximum absolute atomic E-state index is 11.2. The SMILES string of the molecule is CCOC(=O)c1coc(NCCC(=O)OC)n1. The largest absolute Gasteiger partial charge is 0.469 e. The molecule has 0 spiro atoms. The number of esters is 2. The Balaban J connectivity index is 2.40. The fourth-order valence-corrected chi connectivity index (χ4v) is 1.03. The molecule has 1 rings (SSSR count). The number of aromatic nitrogens is 1. The third-order valence-corrected chi connectivity index (χ3v) is 1.82. The summed E-state index contributed by atoms with van der Waals surface area (Å²) in [5, 5.41) is 2.74. The maximum atomic E-state index is 11.2. The van der Waals surface area contributed by atoms with Gasteiger partial charge in [-0.15, -0.1) is 0 Å². The summed E-state index contributed by atoms with van der Waals surface area (Å²) in [6.07, 6.45) is 1.38. The van der Waals surface area contributed by atoms with E-state index in [0.29, 0.717) is 6.54 Å². The van der Waals surface area contributed by atoms with E-state index in [1.807, 2.05) is 0 Å². The molecule has 0 aliphatic carbocycles. The Morgan fingerprint density at radius 2 is 2.29 bits per heavy atom. The smallest absolute Gasteiger partial charge is 0.360 e. The van der Waals surface area contributed by atoms with Gasteiger partial charge >= 0.3 is 11.9 Å². The molecule has 0 aromatic carbocycles. The van der Waals surface area contributed by atoms with Crippen LogP contribution in [0, 0.1) is 0 Å². The van der Waals surface area contributed by atoms with Gasteiger partial charge in [0.1, 0.15) is 6.26 Å². The zero-order valence-corrected chi connectivity index (χ0v) is 9.69. The highest BCUT2D eigenvalue weighted by molar-refractivity contribution is 5.87. The number of hydrogen-bond donors (Lipinski definition) is 1. The van der Waals surface area contributed by atoms with E-state index in [1.54, 1.807) is 6.92 Å². The lowest BCUT2D eigenvalue weighted by molar-refractivity contribution is -0.140. The standard InChI is InChI=1S/C10H14N2O5/c1-3-16-9(14)7-6-17-10(12-7)11-5-4-8(13)15-2/h6H,3-5H2,1-2H3,(H,11,12). The fraction of sp³-hybridized carbons (Fsp3) is 0.500. The minimum Gasteiger partial charge on any atom is -0.469 e. The third-order valence-electron chi connectivity index (χ3n) is 1.82. The lowest BCUT2D eigenvalue weighted by atomic mass is 10.4. The first-order valence-electron chi connectivity index (χ1n) is 5.10. The number of carbonyl (C=O) groups excluding carboxylic acids is 2. The first-order valence-corrected chi connectivity index (χ1v) is 5.10. The molecule has 7 nitrogen and oxygen atoms in total. The molecule has 1 aromatic heterocycles. The molecule has 0 radical (unpaired) electrons. The van der Waals surface area contributed by atoms with Crippen molar-refractivity contribution in [2.45, 2.75) is 13.3 Å². The Labute approximate surface area is 98.1 Å². The number of anilines is 1. The molecule has 0 aliphatic heterocycles. The lowest BCUT2D eigenvalue weighted by Gasteiger charge is -1.99. The zero-order chi connectivity index (χ0) is 12.7. The molecule has 1 aromatic rings. The highest BCUT2D eigenvalue weighted by Crippen LogP contribution is 2.08. The molecule has 0 bridgehead atoms. The van der Waals surface area contributed by atoms with Crippen LogP contribution in [0.15, 0.2) is 10.7 Å². The summed E-state index contributed by atoms with van der Waals surface area (Å²) in [6.45, 7) is 2.29. The second kappa shape index (κ2) is 6.51. The molecule has 17 heavy (non-hydrogen) atoms. The van der Waals surface area contributed by atoms with Crippen LogP contribution in [0.5, 0.6) is 0 Å². The van der Waals surface area contributed by atoms with E-state index < -0.39 is 5.97 Å². The van der Waals surface area contributed by atoms with E-state index >= 15 is 0 Å². The molecular formula is C10H14N2O5. The van der Waals surface area contributed by atoms with Crippen LogP contribution in [-0.2, 0) is 14.3 Å². The minimum atomic E-state index is -0.544. The van der Waals surface area contributed by atoms with Gasteiger partial charge in [0, 0.05) is 6.54 Å². The van der Waals surface area contributed by atoms with Crippen molar-refractivity contribution < 1.29 is 23.5 Å². The van der Waals surface area contributed by atoms with Crippen molar-refractivity contribution in [3.05, 3.63) is 12.0 Å². The van der Waals surface area contributed by atoms with Gasteiger partial charge in [0.2, 0.25) is 0 Å².